The molecule has 3 nitrogen and oxygen atoms in total. The van der Waals surface area contributed by atoms with Crippen LogP contribution in [-0.2, 0) is 19.7 Å². The van der Waals surface area contributed by atoms with Crippen LogP contribution in [0, 0.1) is 5.82 Å². The van der Waals surface area contributed by atoms with Gasteiger partial charge in [0, 0.05) is 23.5 Å². The lowest BCUT2D eigenvalue weighted by Crippen LogP contribution is -3.00. The molecule has 0 fully saturated rings. The molecule has 0 amide bonds. The third kappa shape index (κ3) is 6.11. The first-order valence-electron chi connectivity index (χ1n) is 8.12. The van der Waals surface area contributed by atoms with Gasteiger partial charge < -0.3 is 27.2 Å². The van der Waals surface area contributed by atoms with E-state index in [2.05, 4.69) is 16.8 Å². The van der Waals surface area contributed by atoms with Gasteiger partial charge in [-0.3, -0.25) is 0 Å². The molecular formula is C20H19Cl2FNO2S-. The van der Waals surface area contributed by atoms with E-state index in [1.165, 1.54) is 17.0 Å². The summed E-state index contributed by atoms with van der Waals surface area (Å²) in [6, 6.07) is 14.2. The highest BCUT2D eigenvalue weighted by atomic mass is 35.5. The predicted octanol–water partition coefficient (Wildman–Crippen LogP) is 2.42. The summed E-state index contributed by atoms with van der Waals surface area (Å²) < 4.78 is 24.3. The minimum atomic E-state index is -0.365. The average molecular weight is 427 g/mol. The highest BCUT2D eigenvalue weighted by molar-refractivity contribution is 7.09. The van der Waals surface area contributed by atoms with Crippen molar-refractivity contribution in [3.8, 4) is 11.5 Å². The first-order valence-corrected chi connectivity index (χ1v) is 9.38. The van der Waals surface area contributed by atoms with Crippen LogP contribution in [0.25, 0.3) is 0 Å². The quantitative estimate of drug-likeness (QED) is 0.599. The van der Waals surface area contributed by atoms with Gasteiger partial charge in [0.2, 0.25) is 0 Å². The summed E-state index contributed by atoms with van der Waals surface area (Å²) in [5.41, 5.74) is 1.82. The van der Waals surface area contributed by atoms with Gasteiger partial charge in [-0.05, 0) is 41.3 Å². The number of methoxy groups -OCH3 is 1. The Labute approximate surface area is 173 Å². The van der Waals surface area contributed by atoms with Gasteiger partial charge in [0.05, 0.1) is 12.1 Å². The van der Waals surface area contributed by atoms with Gasteiger partial charge in [-0.25, -0.2) is 4.39 Å². The van der Waals surface area contributed by atoms with Crippen molar-refractivity contribution in [2.75, 3.05) is 7.11 Å². The molecule has 0 radical (unpaired) electrons. The molecule has 27 heavy (non-hydrogen) atoms. The molecule has 0 spiro atoms. The zero-order valence-corrected chi connectivity index (χ0v) is 17.0. The number of halogens is 3. The fourth-order valence-corrected chi connectivity index (χ4v) is 3.37. The van der Waals surface area contributed by atoms with Crippen molar-refractivity contribution in [2.24, 2.45) is 0 Å². The zero-order chi connectivity index (χ0) is 18.4. The molecule has 1 aromatic heterocycles. The fourth-order valence-electron chi connectivity index (χ4n) is 2.48. The van der Waals surface area contributed by atoms with Crippen molar-refractivity contribution in [2.45, 2.75) is 19.7 Å². The molecule has 2 aromatic carbocycles. The van der Waals surface area contributed by atoms with E-state index in [9.17, 15) is 4.39 Å². The van der Waals surface area contributed by atoms with Gasteiger partial charge >= 0.3 is 0 Å². The molecule has 0 aliphatic rings. The summed E-state index contributed by atoms with van der Waals surface area (Å²) in [5.74, 6) is 0.907. The van der Waals surface area contributed by atoms with Crippen LogP contribution in [-0.4, -0.2) is 7.11 Å². The van der Waals surface area contributed by atoms with Gasteiger partial charge in [-0.2, -0.15) is 0 Å². The maximum absolute atomic E-state index is 13.1. The Morgan fingerprint density at radius 1 is 1.07 bits per heavy atom. The Bertz CT molecular complexity index is 859. The molecule has 3 rings (SSSR count). The average Bonchev–Trinajstić information content (AvgIpc) is 3.15. The number of hydrogen-bond donors (Lipinski definition) is 1. The monoisotopic (exact) mass is 426 g/mol. The number of nitrogens with one attached hydrogen (secondary N) is 1. The van der Waals surface area contributed by atoms with E-state index in [0.717, 1.165) is 24.2 Å². The normalized spacial score (nSPS) is 10.3. The summed E-state index contributed by atoms with van der Waals surface area (Å²) in [7, 11) is 1.61. The van der Waals surface area contributed by atoms with E-state index in [1.54, 1.807) is 24.5 Å². The minimum absolute atomic E-state index is 0. The molecule has 0 atom stereocenters. The Balaban J connectivity index is 0.00000261. The molecule has 0 bridgehead atoms. The molecule has 1 heterocycles. The topological polar surface area (TPSA) is 30.5 Å². The number of hydrogen-bond acceptors (Lipinski definition) is 4. The summed E-state index contributed by atoms with van der Waals surface area (Å²) >= 11 is 7.77. The van der Waals surface area contributed by atoms with Crippen LogP contribution in [0.2, 0.25) is 5.02 Å². The number of benzene rings is 2. The van der Waals surface area contributed by atoms with Gasteiger partial charge in [-0.1, -0.05) is 29.8 Å². The Morgan fingerprint density at radius 2 is 1.93 bits per heavy atom. The maximum Gasteiger partial charge on any atom is 0.161 e. The molecule has 0 aliphatic heterocycles. The van der Waals surface area contributed by atoms with Crippen molar-refractivity contribution in [1.82, 2.24) is 5.32 Å². The zero-order valence-electron chi connectivity index (χ0n) is 14.7. The third-order valence-electron chi connectivity index (χ3n) is 3.83. The van der Waals surface area contributed by atoms with E-state index in [1.807, 2.05) is 24.3 Å². The van der Waals surface area contributed by atoms with Gasteiger partial charge in [-0.15, -0.1) is 11.3 Å². The van der Waals surface area contributed by atoms with Gasteiger partial charge in [0.15, 0.2) is 11.5 Å². The Kier molecular flexibility index (Phi) is 8.38. The first-order chi connectivity index (χ1) is 12.7. The Morgan fingerprint density at radius 3 is 2.63 bits per heavy atom. The molecule has 3 aromatic rings. The van der Waals surface area contributed by atoms with Crippen molar-refractivity contribution < 1.29 is 26.3 Å². The van der Waals surface area contributed by atoms with Crippen LogP contribution < -0.4 is 27.2 Å². The van der Waals surface area contributed by atoms with Crippen LogP contribution >= 0.6 is 22.9 Å². The standard InChI is InChI=1S/C20H19ClFNO2S.ClH/c1-24-20-9-14(11-23-12-17-3-2-8-26-17)4-7-19(20)25-13-15-5-6-16(22)10-18(15)21;/h2-10,23H,11-13H2,1H3;1H/p-1. The maximum atomic E-state index is 13.1. The van der Waals surface area contributed by atoms with E-state index in [4.69, 9.17) is 21.1 Å². The lowest BCUT2D eigenvalue weighted by Gasteiger charge is -2.13. The lowest BCUT2D eigenvalue weighted by atomic mass is 10.2. The number of rotatable bonds is 8. The second-order valence-electron chi connectivity index (χ2n) is 5.69. The van der Waals surface area contributed by atoms with E-state index >= 15 is 0 Å². The van der Waals surface area contributed by atoms with Crippen LogP contribution in [0.1, 0.15) is 16.0 Å². The molecule has 0 saturated carbocycles. The summed E-state index contributed by atoms with van der Waals surface area (Å²) in [4.78, 5) is 1.30. The van der Waals surface area contributed by atoms with Gasteiger partial charge in [0.25, 0.3) is 0 Å². The third-order valence-corrected chi connectivity index (χ3v) is 5.06. The summed E-state index contributed by atoms with van der Waals surface area (Å²) in [6.07, 6.45) is 0. The van der Waals surface area contributed by atoms with E-state index in [-0.39, 0.29) is 24.8 Å². The molecule has 0 aliphatic carbocycles. The number of thiophene rings is 1. The SMILES string of the molecule is COc1cc(CNCc2cccs2)ccc1OCc1ccc(F)cc1Cl.[Cl-]. The molecule has 7 heteroatoms. The molecular weight excluding hydrogens is 408 g/mol. The summed E-state index contributed by atoms with van der Waals surface area (Å²) in [5, 5.41) is 5.82. The predicted molar refractivity (Wildman–Crippen MR) is 104 cm³/mol. The van der Waals surface area contributed by atoms with Crippen LogP contribution in [0.5, 0.6) is 11.5 Å². The highest BCUT2D eigenvalue weighted by Crippen LogP contribution is 2.29. The van der Waals surface area contributed by atoms with Crippen LogP contribution in [0.15, 0.2) is 53.9 Å². The van der Waals surface area contributed by atoms with E-state index < -0.39 is 0 Å². The fraction of sp³-hybridized carbons (Fsp3) is 0.200. The minimum Gasteiger partial charge on any atom is -1.00 e. The van der Waals surface area contributed by atoms with Crippen LogP contribution in [0.3, 0.4) is 0 Å². The van der Waals surface area contributed by atoms with Crippen LogP contribution in [0.4, 0.5) is 4.39 Å². The molecule has 0 saturated heterocycles. The van der Waals surface area contributed by atoms with Gasteiger partial charge in [0.1, 0.15) is 12.4 Å². The smallest absolute Gasteiger partial charge is 0.161 e. The largest absolute Gasteiger partial charge is 1.00 e. The summed E-state index contributed by atoms with van der Waals surface area (Å²) in [6.45, 7) is 1.81. The molecule has 144 valence electrons. The highest BCUT2D eigenvalue weighted by Gasteiger charge is 2.08. The van der Waals surface area contributed by atoms with E-state index in [0.29, 0.717) is 16.5 Å². The second-order valence-corrected chi connectivity index (χ2v) is 7.13. The lowest BCUT2D eigenvalue weighted by molar-refractivity contribution is -0.00000629. The van der Waals surface area contributed by atoms with Crippen molar-refractivity contribution >= 4 is 22.9 Å². The molecule has 0 unspecified atom stereocenters. The second kappa shape index (κ2) is 10.5. The van der Waals surface area contributed by atoms with Crippen molar-refractivity contribution in [3.05, 3.63) is 80.8 Å². The number of ether oxygens (including phenoxy) is 2. The Hall–Kier alpha value is -1.79. The van der Waals surface area contributed by atoms with Crippen molar-refractivity contribution in [1.29, 1.82) is 0 Å². The van der Waals surface area contributed by atoms with Crippen molar-refractivity contribution in [3.63, 3.8) is 0 Å². The first kappa shape index (κ1) is 21.5. The molecule has 1 N–H and O–H groups in total.